The number of rotatable bonds is 7. The minimum absolute atomic E-state index is 0.0134. The Bertz CT molecular complexity index is 806. The van der Waals surface area contributed by atoms with Gasteiger partial charge in [0, 0.05) is 58.7 Å². The normalized spacial score (nSPS) is 14.3. The number of fused-ring (bicyclic) bond motifs is 1. The zero-order valence-electron chi connectivity index (χ0n) is 15.6. The summed E-state index contributed by atoms with van der Waals surface area (Å²) >= 11 is 1.58. The van der Waals surface area contributed by atoms with Crippen molar-refractivity contribution >= 4 is 17.4 Å². The molecule has 0 unspecified atom stereocenters. The topological polar surface area (TPSA) is 61.5 Å². The lowest BCUT2D eigenvalue weighted by molar-refractivity contribution is 0.139. The van der Waals surface area contributed by atoms with Crippen LogP contribution in [0.4, 0.5) is 5.69 Å². The van der Waals surface area contributed by atoms with E-state index in [4.69, 9.17) is 9.72 Å². The monoisotopic (exact) mass is 374 g/mol. The highest BCUT2D eigenvalue weighted by atomic mass is 32.2. The van der Waals surface area contributed by atoms with Crippen molar-refractivity contribution < 1.29 is 4.74 Å². The Hall–Kier alpha value is -1.83. The second-order valence-corrected chi connectivity index (χ2v) is 7.59. The second-order valence-electron chi connectivity index (χ2n) is 6.63. The maximum absolute atomic E-state index is 12.5. The lowest BCUT2D eigenvalue weighted by atomic mass is 10.1. The Morgan fingerprint density at radius 1 is 1.35 bits per heavy atom. The SMILES string of the molecule is COCCN1CCc2nc(SCc3ccccc3N(C)C)[nH]c(=O)c2C1. The van der Waals surface area contributed by atoms with E-state index >= 15 is 0 Å². The van der Waals surface area contributed by atoms with Crippen molar-refractivity contribution in [1.82, 2.24) is 14.9 Å². The molecule has 0 spiro atoms. The number of hydrogen-bond donors (Lipinski definition) is 1. The van der Waals surface area contributed by atoms with Gasteiger partial charge in [-0.25, -0.2) is 4.98 Å². The molecule has 1 aliphatic rings. The highest BCUT2D eigenvalue weighted by molar-refractivity contribution is 7.98. The summed E-state index contributed by atoms with van der Waals surface area (Å²) in [6, 6.07) is 8.30. The molecule has 2 aromatic rings. The van der Waals surface area contributed by atoms with Gasteiger partial charge < -0.3 is 14.6 Å². The summed E-state index contributed by atoms with van der Waals surface area (Å²) in [5, 5.41) is 0.702. The molecule has 1 N–H and O–H groups in total. The molecule has 0 atom stereocenters. The van der Waals surface area contributed by atoms with Gasteiger partial charge in [-0.05, 0) is 11.6 Å². The molecule has 7 heteroatoms. The molecule has 1 aliphatic heterocycles. The fraction of sp³-hybridized carbons (Fsp3) is 0.474. The van der Waals surface area contributed by atoms with Crippen LogP contribution in [0, 0.1) is 0 Å². The van der Waals surface area contributed by atoms with E-state index in [9.17, 15) is 4.79 Å². The summed E-state index contributed by atoms with van der Waals surface area (Å²) in [6.45, 7) is 3.09. The number of aromatic nitrogens is 2. The molecule has 3 rings (SSSR count). The highest BCUT2D eigenvalue weighted by Crippen LogP contribution is 2.26. The third-order valence-corrected chi connectivity index (χ3v) is 5.50. The van der Waals surface area contributed by atoms with Crippen LogP contribution in [0.25, 0.3) is 0 Å². The molecule has 0 saturated heterocycles. The van der Waals surface area contributed by atoms with E-state index in [1.165, 1.54) is 11.3 Å². The Morgan fingerprint density at radius 2 is 2.15 bits per heavy atom. The fourth-order valence-electron chi connectivity index (χ4n) is 3.15. The Balaban J connectivity index is 1.72. The van der Waals surface area contributed by atoms with E-state index in [1.54, 1.807) is 18.9 Å². The zero-order chi connectivity index (χ0) is 18.5. The maximum atomic E-state index is 12.5. The summed E-state index contributed by atoms with van der Waals surface area (Å²) in [7, 11) is 5.78. The number of hydrogen-bond acceptors (Lipinski definition) is 6. The van der Waals surface area contributed by atoms with Crippen molar-refractivity contribution in [3.63, 3.8) is 0 Å². The number of nitrogens with one attached hydrogen (secondary N) is 1. The van der Waals surface area contributed by atoms with Crippen molar-refractivity contribution in [2.24, 2.45) is 0 Å². The average Bonchev–Trinajstić information content (AvgIpc) is 2.65. The van der Waals surface area contributed by atoms with Gasteiger partial charge in [-0.1, -0.05) is 30.0 Å². The first-order valence-electron chi connectivity index (χ1n) is 8.80. The van der Waals surface area contributed by atoms with E-state index < -0.39 is 0 Å². The molecule has 0 fully saturated rings. The Morgan fingerprint density at radius 3 is 2.92 bits per heavy atom. The van der Waals surface area contributed by atoms with Crippen LogP contribution in [-0.2, 0) is 23.5 Å². The predicted octanol–water partition coefficient (Wildman–Crippen LogP) is 2.13. The van der Waals surface area contributed by atoms with Crippen molar-refractivity contribution in [2.45, 2.75) is 23.9 Å². The van der Waals surface area contributed by atoms with Crippen molar-refractivity contribution in [3.05, 3.63) is 51.4 Å². The molecule has 140 valence electrons. The molecule has 2 heterocycles. The smallest absolute Gasteiger partial charge is 0.256 e. The fourth-order valence-corrected chi connectivity index (χ4v) is 4.03. The lowest BCUT2D eigenvalue weighted by Crippen LogP contribution is -2.37. The van der Waals surface area contributed by atoms with E-state index in [1.807, 2.05) is 26.2 Å². The van der Waals surface area contributed by atoms with E-state index in [0.29, 0.717) is 18.3 Å². The minimum Gasteiger partial charge on any atom is -0.383 e. The van der Waals surface area contributed by atoms with Gasteiger partial charge in [-0.3, -0.25) is 9.69 Å². The Labute approximate surface area is 158 Å². The molecule has 0 radical (unpaired) electrons. The molecular weight excluding hydrogens is 348 g/mol. The number of ether oxygens (including phenoxy) is 1. The van der Waals surface area contributed by atoms with E-state index in [-0.39, 0.29) is 5.56 Å². The van der Waals surface area contributed by atoms with E-state index in [0.717, 1.165) is 36.5 Å². The van der Waals surface area contributed by atoms with Gasteiger partial charge in [0.25, 0.3) is 5.56 Å². The summed E-state index contributed by atoms with van der Waals surface area (Å²) in [5.74, 6) is 0.774. The standard InChI is InChI=1S/C19H26N4O2S/c1-22(2)17-7-5-4-6-14(17)13-26-19-20-16-8-9-23(10-11-25-3)12-15(16)18(24)21-19/h4-7H,8-13H2,1-3H3,(H,20,21,24). The molecule has 26 heavy (non-hydrogen) atoms. The summed E-state index contributed by atoms with van der Waals surface area (Å²) < 4.78 is 5.13. The van der Waals surface area contributed by atoms with Crippen molar-refractivity contribution in [3.8, 4) is 0 Å². The number of anilines is 1. The quantitative estimate of drug-likeness (QED) is 0.592. The number of thioether (sulfide) groups is 1. The van der Waals surface area contributed by atoms with Gasteiger partial charge in [-0.15, -0.1) is 0 Å². The first kappa shape index (κ1) is 18.9. The van der Waals surface area contributed by atoms with Crippen LogP contribution in [0.3, 0.4) is 0 Å². The van der Waals surface area contributed by atoms with Gasteiger partial charge in [0.2, 0.25) is 0 Å². The molecule has 0 aliphatic carbocycles. The van der Waals surface area contributed by atoms with Crippen LogP contribution >= 0.6 is 11.8 Å². The highest BCUT2D eigenvalue weighted by Gasteiger charge is 2.21. The van der Waals surface area contributed by atoms with Crippen LogP contribution in [0.1, 0.15) is 16.8 Å². The van der Waals surface area contributed by atoms with E-state index in [2.05, 4.69) is 26.9 Å². The van der Waals surface area contributed by atoms with Gasteiger partial charge in [0.05, 0.1) is 17.9 Å². The third-order valence-electron chi connectivity index (χ3n) is 4.58. The number of methoxy groups -OCH3 is 1. The molecule has 6 nitrogen and oxygen atoms in total. The minimum atomic E-state index is -0.0134. The average molecular weight is 375 g/mol. The van der Waals surface area contributed by atoms with Gasteiger partial charge in [-0.2, -0.15) is 0 Å². The van der Waals surface area contributed by atoms with Crippen LogP contribution in [0.15, 0.2) is 34.2 Å². The van der Waals surface area contributed by atoms with Crippen LogP contribution in [0.5, 0.6) is 0 Å². The molecule has 1 aromatic heterocycles. The van der Waals surface area contributed by atoms with Crippen LogP contribution in [0.2, 0.25) is 0 Å². The summed E-state index contributed by atoms with van der Waals surface area (Å²) in [4.78, 5) is 24.5. The largest absolute Gasteiger partial charge is 0.383 e. The summed E-state index contributed by atoms with van der Waals surface area (Å²) in [6.07, 6.45) is 0.810. The number of H-pyrrole nitrogens is 1. The Kier molecular flexibility index (Phi) is 6.34. The van der Waals surface area contributed by atoms with Gasteiger partial charge in [0.15, 0.2) is 5.16 Å². The maximum Gasteiger partial charge on any atom is 0.256 e. The molecular formula is C19H26N4O2S. The van der Waals surface area contributed by atoms with Crippen molar-refractivity contribution in [2.75, 3.05) is 45.8 Å². The van der Waals surface area contributed by atoms with Crippen LogP contribution < -0.4 is 10.5 Å². The molecule has 0 bridgehead atoms. The van der Waals surface area contributed by atoms with Crippen molar-refractivity contribution in [1.29, 1.82) is 0 Å². The van der Waals surface area contributed by atoms with Gasteiger partial charge in [0.1, 0.15) is 0 Å². The number of aromatic amines is 1. The third kappa shape index (κ3) is 4.47. The predicted molar refractivity (Wildman–Crippen MR) is 106 cm³/mol. The number of nitrogens with zero attached hydrogens (tertiary/aromatic N) is 3. The number of para-hydroxylation sites is 1. The van der Waals surface area contributed by atoms with Crippen LogP contribution in [-0.4, -0.2) is 55.8 Å². The van der Waals surface area contributed by atoms with Gasteiger partial charge >= 0.3 is 0 Å². The zero-order valence-corrected chi connectivity index (χ0v) is 16.4. The molecule has 0 saturated carbocycles. The number of benzene rings is 1. The first-order valence-corrected chi connectivity index (χ1v) is 9.78. The molecule has 0 amide bonds. The first-order chi connectivity index (χ1) is 12.6. The second kappa shape index (κ2) is 8.70. The lowest BCUT2D eigenvalue weighted by Gasteiger charge is -2.27. The molecule has 1 aromatic carbocycles. The summed E-state index contributed by atoms with van der Waals surface area (Å²) in [5.41, 5.74) is 4.14.